The van der Waals surface area contributed by atoms with Crippen LogP contribution < -0.4 is 51.4 Å². The summed E-state index contributed by atoms with van der Waals surface area (Å²) < 4.78 is 34.3. The molecule has 20 heavy (non-hydrogen) atoms. The number of halogens is 3. The molecule has 0 saturated carbocycles. The molecule has 1 heterocycles. The van der Waals surface area contributed by atoms with Crippen molar-refractivity contribution in [2.24, 2.45) is 0 Å². The van der Waals surface area contributed by atoms with E-state index in [2.05, 4.69) is 7.05 Å². The predicted molar refractivity (Wildman–Crippen MR) is 68.4 cm³/mol. The Labute approximate surface area is 162 Å². The summed E-state index contributed by atoms with van der Waals surface area (Å²) >= 11 is 0. The van der Waals surface area contributed by atoms with Crippen molar-refractivity contribution in [2.45, 2.75) is 32.8 Å². The van der Waals surface area contributed by atoms with E-state index in [1.54, 1.807) is 4.90 Å². The average Bonchev–Trinajstić information content (AvgIpc) is 2.39. The van der Waals surface area contributed by atoms with Crippen molar-refractivity contribution in [1.29, 1.82) is 0 Å². The largest absolute Gasteiger partial charge is 1.00 e. The molecule has 4 nitrogen and oxygen atoms in total. The van der Waals surface area contributed by atoms with Crippen molar-refractivity contribution in [1.82, 2.24) is 9.80 Å². The van der Waals surface area contributed by atoms with Crippen LogP contribution in [-0.4, -0.2) is 55.2 Å². The smallest absolute Gasteiger partial charge is 0.458 e. The first-order valence-electron chi connectivity index (χ1n) is 6.07. The molecule has 0 bridgehead atoms. The second-order valence-electron chi connectivity index (χ2n) is 5.19. The maximum absolute atomic E-state index is 11.7. The summed E-state index contributed by atoms with van der Waals surface area (Å²) in [7, 11) is 0.214. The molecule has 9 heteroatoms. The fourth-order valence-corrected chi connectivity index (χ4v) is 1.48. The zero-order valence-electron chi connectivity index (χ0n) is 12.7. The third-order valence-electron chi connectivity index (χ3n) is 2.24. The van der Waals surface area contributed by atoms with Crippen LogP contribution in [-0.2, 0) is 4.74 Å². The second kappa shape index (κ2) is 11.3. The summed E-state index contributed by atoms with van der Waals surface area (Å²) in [6, 6.07) is 0. The topological polar surface area (TPSA) is 32.8 Å². The van der Waals surface area contributed by atoms with E-state index in [4.69, 9.17) is 4.74 Å². The summed E-state index contributed by atoms with van der Waals surface area (Å²) in [5.41, 5.74) is -0.409. The van der Waals surface area contributed by atoms with Crippen molar-refractivity contribution in [3.8, 4) is 0 Å². The van der Waals surface area contributed by atoms with Gasteiger partial charge in [-0.05, 0) is 40.3 Å². The van der Waals surface area contributed by atoms with Crippen LogP contribution >= 0.6 is 0 Å². The molecular weight excluding hydrogens is 299 g/mol. The van der Waals surface area contributed by atoms with Gasteiger partial charge in [0.2, 0.25) is 0 Å². The molecule has 0 N–H and O–H groups in total. The molecule has 0 spiro atoms. The third-order valence-corrected chi connectivity index (χ3v) is 2.24. The van der Waals surface area contributed by atoms with Gasteiger partial charge in [-0.15, -0.1) is 0 Å². The molecule has 1 saturated heterocycles. The first kappa shape index (κ1) is 23.0. The van der Waals surface area contributed by atoms with Gasteiger partial charge in [-0.1, -0.05) is 0 Å². The van der Waals surface area contributed by atoms with Crippen LogP contribution in [0, 0.1) is 7.05 Å². The van der Waals surface area contributed by atoms with Crippen LogP contribution in [0.1, 0.15) is 27.2 Å². The van der Waals surface area contributed by atoms with Gasteiger partial charge in [0.05, 0.1) is 0 Å². The maximum Gasteiger partial charge on any atom is 1.00 e. The Bertz CT molecular complexity index is 278. The molecule has 0 radical (unpaired) electrons. The van der Waals surface area contributed by atoms with Crippen LogP contribution in [0.3, 0.4) is 0 Å². The quantitative estimate of drug-likeness (QED) is 0.450. The summed E-state index contributed by atoms with van der Waals surface area (Å²) in [5, 5.41) is 0. The van der Waals surface area contributed by atoms with Gasteiger partial charge < -0.3 is 14.5 Å². The molecule has 0 aromatic rings. The van der Waals surface area contributed by atoms with Gasteiger partial charge in [0, 0.05) is 13.1 Å². The SMILES string of the molecule is FB(F)F.[CH2-]N1CCCN(C(=O)OC(C)(C)C)CC1.[K+]. The van der Waals surface area contributed by atoms with E-state index in [0.717, 1.165) is 26.1 Å². The summed E-state index contributed by atoms with van der Waals surface area (Å²) in [6.07, 6.45) is 0.751. The molecule has 0 aromatic heterocycles. The molecule has 1 aliphatic rings. The maximum atomic E-state index is 11.7. The van der Waals surface area contributed by atoms with Gasteiger partial charge in [0.15, 0.2) is 0 Å². The van der Waals surface area contributed by atoms with Crippen LogP contribution in [0.5, 0.6) is 0 Å². The van der Waals surface area contributed by atoms with Crippen molar-refractivity contribution < 1.29 is 73.9 Å². The normalized spacial score (nSPS) is 16.2. The van der Waals surface area contributed by atoms with E-state index in [-0.39, 0.29) is 57.5 Å². The molecule has 1 rings (SSSR count). The van der Waals surface area contributed by atoms with Crippen LogP contribution in [0.2, 0.25) is 0 Å². The molecule has 0 unspecified atom stereocenters. The number of ether oxygens (including phenoxy) is 1. The fourth-order valence-electron chi connectivity index (χ4n) is 1.48. The van der Waals surface area contributed by atoms with Gasteiger partial charge in [-0.25, -0.2) is 4.79 Å². The summed E-state index contributed by atoms with van der Waals surface area (Å²) in [5.74, 6) is 0. The zero-order valence-corrected chi connectivity index (χ0v) is 15.8. The molecule has 1 amide bonds. The average molecular weight is 320 g/mol. The van der Waals surface area contributed by atoms with Crippen LogP contribution in [0.4, 0.5) is 17.7 Å². The minimum atomic E-state index is -3.67. The van der Waals surface area contributed by atoms with Gasteiger partial charge >= 0.3 is 65.0 Å². The minimum absolute atomic E-state index is 0. The number of hydrogen-bond donors (Lipinski definition) is 0. The van der Waals surface area contributed by atoms with E-state index in [1.165, 1.54) is 0 Å². The molecule has 112 valence electrons. The van der Waals surface area contributed by atoms with Gasteiger partial charge in [0.1, 0.15) is 5.60 Å². The van der Waals surface area contributed by atoms with Crippen molar-refractivity contribution >= 4 is 13.6 Å². The number of rotatable bonds is 0. The summed E-state index contributed by atoms with van der Waals surface area (Å²) in [6.45, 7) is 8.89. The van der Waals surface area contributed by atoms with E-state index < -0.39 is 13.1 Å². The van der Waals surface area contributed by atoms with Gasteiger partial charge in [-0.2, -0.15) is 0 Å². The molecule has 0 aromatic carbocycles. The molecule has 1 fully saturated rings. The van der Waals surface area contributed by atoms with Crippen molar-refractivity contribution in [3.05, 3.63) is 7.05 Å². The molecular formula is C11H21BF3KN2O2. The third kappa shape index (κ3) is 13.7. The summed E-state index contributed by atoms with van der Waals surface area (Å²) in [4.78, 5) is 15.5. The second-order valence-corrected chi connectivity index (χ2v) is 5.19. The standard InChI is InChI=1S/C11H21N2O2.BF3.K/c1-11(2,3)15-10(14)13-7-5-6-12(4)8-9-13;2-1(3)4;/h4-9H2,1-3H3;;/q-1;;+1. The predicted octanol–water partition coefficient (Wildman–Crippen LogP) is -0.395. The number of hydrogen-bond acceptors (Lipinski definition) is 3. The number of amides is 1. The first-order valence-corrected chi connectivity index (χ1v) is 6.07. The van der Waals surface area contributed by atoms with Crippen LogP contribution in [0.25, 0.3) is 0 Å². The number of carbonyl (C=O) groups excluding carboxylic acids is 1. The van der Waals surface area contributed by atoms with Gasteiger partial charge in [0.25, 0.3) is 0 Å². The van der Waals surface area contributed by atoms with Gasteiger partial charge in [-0.3, -0.25) is 20.0 Å². The molecule has 0 atom stereocenters. The van der Waals surface area contributed by atoms with E-state index >= 15 is 0 Å². The van der Waals surface area contributed by atoms with E-state index in [9.17, 15) is 17.7 Å². The minimum Gasteiger partial charge on any atom is -0.458 e. The Hall–Kier alpha value is 0.721. The van der Waals surface area contributed by atoms with Crippen molar-refractivity contribution in [3.63, 3.8) is 0 Å². The molecule has 0 aliphatic carbocycles. The van der Waals surface area contributed by atoms with Crippen molar-refractivity contribution in [2.75, 3.05) is 26.2 Å². The molecule has 1 aliphatic heterocycles. The Kier molecular flexibility index (Phi) is 13.0. The Morgan fingerprint density at radius 3 is 2.10 bits per heavy atom. The van der Waals surface area contributed by atoms with E-state index in [0.29, 0.717) is 6.54 Å². The first-order chi connectivity index (χ1) is 8.61. The number of carbonyl (C=O) groups is 1. The Morgan fingerprint density at radius 1 is 1.15 bits per heavy atom. The van der Waals surface area contributed by atoms with Crippen LogP contribution in [0.15, 0.2) is 0 Å². The Balaban J connectivity index is 0. The number of nitrogens with zero attached hydrogens (tertiary/aromatic N) is 2. The fraction of sp³-hybridized carbons (Fsp3) is 0.818. The monoisotopic (exact) mass is 320 g/mol. The Morgan fingerprint density at radius 2 is 1.65 bits per heavy atom. The zero-order chi connectivity index (χ0) is 15.1. The van der Waals surface area contributed by atoms with E-state index in [1.807, 2.05) is 25.7 Å².